The standard InChI is InChI=1S/C21H25N5O2S/c1-14-6-5-7-15(12-14)17-18(23-19(27)16-8-11-28-13-16)26-20(22-17)29-21(24-26)25-9-3-2-4-10-25/h5-7,12,16H,2-4,8-11,13H2,1H3,(H,23,27)/t16-/m0/s1. The van der Waals surface area contributed by atoms with E-state index in [1.54, 1.807) is 15.9 Å². The van der Waals surface area contributed by atoms with Crippen LogP contribution in [-0.2, 0) is 9.53 Å². The minimum atomic E-state index is -0.119. The molecule has 0 saturated carbocycles. The summed E-state index contributed by atoms with van der Waals surface area (Å²) in [5.74, 6) is 0.513. The monoisotopic (exact) mass is 411 g/mol. The van der Waals surface area contributed by atoms with Crippen LogP contribution in [0.5, 0.6) is 0 Å². The molecule has 2 aliphatic rings. The molecule has 0 spiro atoms. The Morgan fingerprint density at radius 1 is 1.28 bits per heavy atom. The number of aryl methyl sites for hydroxylation is 1. The topological polar surface area (TPSA) is 71.8 Å². The Morgan fingerprint density at radius 3 is 2.90 bits per heavy atom. The fourth-order valence-electron chi connectivity index (χ4n) is 4.02. The van der Waals surface area contributed by atoms with Gasteiger partial charge in [-0.05, 0) is 38.7 Å². The van der Waals surface area contributed by atoms with E-state index in [2.05, 4.69) is 29.3 Å². The van der Waals surface area contributed by atoms with Crippen molar-refractivity contribution in [3.05, 3.63) is 29.8 Å². The van der Waals surface area contributed by atoms with Crippen LogP contribution in [0.25, 0.3) is 16.2 Å². The molecule has 5 rings (SSSR count). The first-order valence-corrected chi connectivity index (χ1v) is 11.1. The highest BCUT2D eigenvalue weighted by molar-refractivity contribution is 7.20. The van der Waals surface area contributed by atoms with Crippen LogP contribution in [0.3, 0.4) is 0 Å². The van der Waals surface area contributed by atoms with Crippen LogP contribution in [0.4, 0.5) is 10.9 Å². The van der Waals surface area contributed by atoms with E-state index in [9.17, 15) is 4.79 Å². The number of nitrogens with one attached hydrogen (secondary N) is 1. The summed E-state index contributed by atoms with van der Waals surface area (Å²) >= 11 is 1.59. The number of ether oxygens (including phenoxy) is 1. The number of carbonyl (C=O) groups is 1. The van der Waals surface area contributed by atoms with Gasteiger partial charge < -0.3 is 15.0 Å². The van der Waals surface area contributed by atoms with E-state index >= 15 is 0 Å². The number of amides is 1. The molecule has 1 N–H and O–H groups in total. The minimum Gasteiger partial charge on any atom is -0.381 e. The van der Waals surface area contributed by atoms with Crippen molar-refractivity contribution < 1.29 is 9.53 Å². The Bertz CT molecular complexity index is 1030. The third-order valence-corrected chi connectivity index (χ3v) is 6.62. The van der Waals surface area contributed by atoms with Crippen LogP contribution < -0.4 is 10.2 Å². The number of aromatic nitrogens is 3. The predicted octanol–water partition coefficient (Wildman–Crippen LogP) is 3.73. The summed E-state index contributed by atoms with van der Waals surface area (Å²) in [6, 6.07) is 8.19. The highest BCUT2D eigenvalue weighted by Gasteiger charge is 2.27. The summed E-state index contributed by atoms with van der Waals surface area (Å²) in [7, 11) is 0. The lowest BCUT2D eigenvalue weighted by atomic mass is 10.1. The molecule has 8 heteroatoms. The van der Waals surface area contributed by atoms with Crippen molar-refractivity contribution in [2.24, 2.45) is 5.92 Å². The number of rotatable bonds is 4. The Balaban J connectivity index is 1.55. The molecular formula is C21H25N5O2S. The van der Waals surface area contributed by atoms with Crippen molar-refractivity contribution in [3.8, 4) is 11.3 Å². The van der Waals surface area contributed by atoms with E-state index in [0.29, 0.717) is 19.0 Å². The number of hydrogen-bond acceptors (Lipinski definition) is 6. The third-order valence-electron chi connectivity index (χ3n) is 5.65. The largest absolute Gasteiger partial charge is 0.381 e. The number of carbonyl (C=O) groups excluding carboxylic acids is 1. The Kier molecular flexibility index (Phi) is 4.97. The van der Waals surface area contributed by atoms with Crippen LogP contribution >= 0.6 is 11.3 Å². The lowest BCUT2D eigenvalue weighted by molar-refractivity contribution is -0.119. The number of benzene rings is 1. The fraction of sp³-hybridized carbons (Fsp3) is 0.476. The minimum absolute atomic E-state index is 0.0225. The van der Waals surface area contributed by atoms with Crippen LogP contribution in [0.1, 0.15) is 31.2 Å². The molecule has 1 amide bonds. The molecule has 1 atom stereocenters. The quantitative estimate of drug-likeness (QED) is 0.708. The van der Waals surface area contributed by atoms with Crippen LogP contribution in [0, 0.1) is 12.8 Å². The van der Waals surface area contributed by atoms with Crippen molar-refractivity contribution in [2.75, 3.05) is 36.5 Å². The third kappa shape index (κ3) is 3.62. The van der Waals surface area contributed by atoms with Gasteiger partial charge in [-0.3, -0.25) is 4.79 Å². The first-order chi connectivity index (χ1) is 14.2. The van der Waals surface area contributed by atoms with Crippen LogP contribution in [0.2, 0.25) is 0 Å². The molecule has 2 saturated heterocycles. The van der Waals surface area contributed by atoms with Gasteiger partial charge in [-0.15, -0.1) is 5.10 Å². The smallest absolute Gasteiger partial charge is 0.231 e. The Hall–Kier alpha value is -2.45. The maximum atomic E-state index is 12.8. The van der Waals surface area contributed by atoms with E-state index < -0.39 is 0 Å². The van der Waals surface area contributed by atoms with E-state index in [1.807, 2.05) is 12.1 Å². The molecule has 0 aliphatic carbocycles. The van der Waals surface area contributed by atoms with Crippen molar-refractivity contribution in [1.82, 2.24) is 14.6 Å². The van der Waals surface area contributed by atoms with Gasteiger partial charge in [0.2, 0.25) is 16.0 Å². The van der Waals surface area contributed by atoms with E-state index in [-0.39, 0.29) is 11.8 Å². The molecule has 2 fully saturated rings. The van der Waals surface area contributed by atoms with Gasteiger partial charge in [-0.2, -0.15) is 4.52 Å². The molecule has 4 heterocycles. The molecule has 7 nitrogen and oxygen atoms in total. The summed E-state index contributed by atoms with van der Waals surface area (Å²) in [6.45, 7) is 5.23. The van der Waals surface area contributed by atoms with Gasteiger partial charge in [0.1, 0.15) is 5.69 Å². The summed E-state index contributed by atoms with van der Waals surface area (Å²) < 4.78 is 7.20. The maximum absolute atomic E-state index is 12.8. The molecule has 3 aromatic rings. The molecule has 0 unspecified atom stereocenters. The van der Waals surface area contributed by atoms with E-state index in [1.165, 1.54) is 19.3 Å². The summed E-state index contributed by atoms with van der Waals surface area (Å²) in [4.78, 5) is 20.8. The number of nitrogens with zero attached hydrogens (tertiary/aromatic N) is 4. The first-order valence-electron chi connectivity index (χ1n) is 10.3. The molecule has 29 heavy (non-hydrogen) atoms. The predicted molar refractivity (Wildman–Crippen MR) is 115 cm³/mol. The summed E-state index contributed by atoms with van der Waals surface area (Å²) in [5, 5.41) is 8.93. The Labute approximate surface area is 173 Å². The van der Waals surface area contributed by atoms with Crippen molar-refractivity contribution in [2.45, 2.75) is 32.6 Å². The van der Waals surface area contributed by atoms with Gasteiger partial charge in [0, 0.05) is 25.3 Å². The van der Waals surface area contributed by atoms with E-state index in [0.717, 1.165) is 46.4 Å². The molecule has 0 bridgehead atoms. The number of fused-ring (bicyclic) bond motifs is 1. The average Bonchev–Trinajstić information content (AvgIpc) is 3.46. The second kappa shape index (κ2) is 7.76. The zero-order valence-corrected chi connectivity index (χ0v) is 17.4. The zero-order valence-electron chi connectivity index (χ0n) is 16.6. The molecule has 152 valence electrons. The highest BCUT2D eigenvalue weighted by atomic mass is 32.1. The van der Waals surface area contributed by atoms with Gasteiger partial charge in [0.15, 0.2) is 5.82 Å². The molecule has 2 aliphatic heterocycles. The van der Waals surface area contributed by atoms with Crippen LogP contribution in [-0.4, -0.2) is 46.8 Å². The fourth-order valence-corrected chi connectivity index (χ4v) is 4.97. The SMILES string of the molecule is Cc1cccc(-c2nc3sc(N4CCCCC4)nn3c2NC(=O)[C@H]2CCOC2)c1. The zero-order chi connectivity index (χ0) is 19.8. The second-order valence-electron chi connectivity index (χ2n) is 7.85. The second-order valence-corrected chi connectivity index (χ2v) is 8.79. The highest BCUT2D eigenvalue weighted by Crippen LogP contribution is 2.35. The van der Waals surface area contributed by atoms with Gasteiger partial charge in [0.05, 0.1) is 12.5 Å². The average molecular weight is 412 g/mol. The molecular weight excluding hydrogens is 386 g/mol. The van der Waals surface area contributed by atoms with Crippen molar-refractivity contribution in [3.63, 3.8) is 0 Å². The summed E-state index contributed by atoms with van der Waals surface area (Å²) in [5.41, 5.74) is 2.91. The summed E-state index contributed by atoms with van der Waals surface area (Å²) in [6.07, 6.45) is 4.42. The normalized spacial score (nSPS) is 19.8. The van der Waals surface area contributed by atoms with Crippen molar-refractivity contribution in [1.29, 1.82) is 0 Å². The van der Waals surface area contributed by atoms with Gasteiger partial charge in [0.25, 0.3) is 0 Å². The number of anilines is 2. The Morgan fingerprint density at radius 2 is 2.14 bits per heavy atom. The number of imidazole rings is 1. The van der Waals surface area contributed by atoms with Crippen molar-refractivity contribution >= 4 is 33.2 Å². The lowest BCUT2D eigenvalue weighted by Gasteiger charge is -2.25. The van der Waals surface area contributed by atoms with Gasteiger partial charge >= 0.3 is 0 Å². The molecule has 2 aromatic heterocycles. The van der Waals surface area contributed by atoms with Gasteiger partial charge in [-0.25, -0.2) is 4.98 Å². The molecule has 0 radical (unpaired) electrons. The molecule has 1 aromatic carbocycles. The van der Waals surface area contributed by atoms with E-state index in [4.69, 9.17) is 14.8 Å². The lowest BCUT2D eigenvalue weighted by Crippen LogP contribution is -2.29. The number of hydrogen-bond donors (Lipinski definition) is 1. The first kappa shape index (κ1) is 18.6. The number of piperidine rings is 1. The van der Waals surface area contributed by atoms with Crippen LogP contribution in [0.15, 0.2) is 24.3 Å². The maximum Gasteiger partial charge on any atom is 0.231 e. The van der Waals surface area contributed by atoms with Gasteiger partial charge in [-0.1, -0.05) is 35.1 Å².